The summed E-state index contributed by atoms with van der Waals surface area (Å²) in [6.45, 7) is 4.25. The second-order valence-corrected chi connectivity index (χ2v) is 5.28. The van der Waals surface area contributed by atoms with Crippen molar-refractivity contribution in [1.82, 2.24) is 0 Å². The second kappa shape index (κ2) is 2.95. The fourth-order valence-electron chi connectivity index (χ4n) is 2.38. The van der Waals surface area contributed by atoms with Gasteiger partial charge in [-0.3, -0.25) is 4.79 Å². The van der Waals surface area contributed by atoms with Gasteiger partial charge in [-0.15, -0.1) is 0 Å². The summed E-state index contributed by atoms with van der Waals surface area (Å²) in [5.41, 5.74) is 1.32. The van der Waals surface area contributed by atoms with Crippen LogP contribution < -0.4 is 0 Å². The molecule has 2 atom stereocenters. The van der Waals surface area contributed by atoms with Crippen LogP contribution in [0.5, 0.6) is 0 Å². The van der Waals surface area contributed by atoms with Crippen LogP contribution in [0.3, 0.4) is 0 Å². The van der Waals surface area contributed by atoms with E-state index in [4.69, 9.17) is 5.26 Å². The van der Waals surface area contributed by atoms with Crippen LogP contribution in [0.1, 0.15) is 33.1 Å². The lowest BCUT2D eigenvalue weighted by Gasteiger charge is -2.28. The van der Waals surface area contributed by atoms with Crippen LogP contribution >= 0.6 is 0 Å². The third kappa shape index (κ3) is 1.72. The average molecular weight is 189 g/mol. The van der Waals surface area contributed by atoms with Crippen molar-refractivity contribution < 1.29 is 4.79 Å². The van der Waals surface area contributed by atoms with E-state index < -0.39 is 0 Å². The van der Waals surface area contributed by atoms with Gasteiger partial charge in [-0.2, -0.15) is 5.26 Å². The SMILES string of the molecule is CC1(C)CC(=O)C=C([C@@H]2C[C@H]2C#N)C1. The first kappa shape index (κ1) is 9.45. The van der Waals surface area contributed by atoms with Gasteiger partial charge in [0, 0.05) is 6.42 Å². The molecule has 0 spiro atoms. The molecule has 2 nitrogen and oxygen atoms in total. The lowest BCUT2D eigenvalue weighted by Crippen LogP contribution is -2.22. The number of ketones is 1. The van der Waals surface area contributed by atoms with Crippen LogP contribution in [0.25, 0.3) is 0 Å². The standard InChI is InChI=1S/C12H15NO/c1-12(2)5-8(3-10(14)6-12)11-4-9(11)7-13/h3,9,11H,4-6H2,1-2H3/t9-,11-/m0/s1. The Labute approximate surface area is 84.6 Å². The summed E-state index contributed by atoms with van der Waals surface area (Å²) in [7, 11) is 0. The van der Waals surface area contributed by atoms with Crippen molar-refractivity contribution in [2.45, 2.75) is 33.1 Å². The van der Waals surface area contributed by atoms with E-state index in [-0.39, 0.29) is 17.1 Å². The van der Waals surface area contributed by atoms with E-state index in [0.29, 0.717) is 12.3 Å². The van der Waals surface area contributed by atoms with Crippen LogP contribution in [-0.2, 0) is 4.79 Å². The highest BCUT2D eigenvalue weighted by Crippen LogP contribution is 2.49. The first-order chi connectivity index (χ1) is 6.52. The molecular formula is C12H15NO. The van der Waals surface area contributed by atoms with Crippen molar-refractivity contribution in [3.63, 3.8) is 0 Å². The van der Waals surface area contributed by atoms with Crippen LogP contribution in [0.4, 0.5) is 0 Å². The largest absolute Gasteiger partial charge is 0.295 e. The highest BCUT2D eigenvalue weighted by molar-refractivity contribution is 5.92. The maximum absolute atomic E-state index is 11.5. The molecule has 0 aromatic carbocycles. The van der Waals surface area contributed by atoms with Crippen LogP contribution in [0.2, 0.25) is 0 Å². The predicted molar refractivity (Wildman–Crippen MR) is 53.3 cm³/mol. The summed E-state index contributed by atoms with van der Waals surface area (Å²) in [6, 6.07) is 2.28. The van der Waals surface area contributed by atoms with Crippen molar-refractivity contribution in [1.29, 1.82) is 5.26 Å². The van der Waals surface area contributed by atoms with Crippen molar-refractivity contribution in [2.24, 2.45) is 17.3 Å². The molecule has 0 radical (unpaired) electrons. The highest BCUT2D eigenvalue weighted by Gasteiger charge is 2.43. The molecule has 2 heteroatoms. The maximum atomic E-state index is 11.5. The monoisotopic (exact) mass is 189 g/mol. The van der Waals surface area contributed by atoms with Crippen LogP contribution in [-0.4, -0.2) is 5.78 Å². The smallest absolute Gasteiger partial charge is 0.156 e. The third-order valence-corrected chi connectivity index (χ3v) is 3.11. The van der Waals surface area contributed by atoms with Gasteiger partial charge in [0.25, 0.3) is 0 Å². The van der Waals surface area contributed by atoms with Gasteiger partial charge in [0.15, 0.2) is 5.78 Å². The van der Waals surface area contributed by atoms with E-state index in [1.54, 1.807) is 6.08 Å². The molecular weight excluding hydrogens is 174 g/mol. The van der Waals surface area contributed by atoms with Gasteiger partial charge >= 0.3 is 0 Å². The molecule has 1 fully saturated rings. The highest BCUT2D eigenvalue weighted by atomic mass is 16.1. The normalized spacial score (nSPS) is 34.6. The molecule has 2 aliphatic rings. The number of hydrogen-bond donors (Lipinski definition) is 0. The zero-order valence-corrected chi connectivity index (χ0v) is 8.71. The fraction of sp³-hybridized carbons (Fsp3) is 0.667. The van der Waals surface area contributed by atoms with Gasteiger partial charge in [-0.05, 0) is 30.3 Å². The lowest BCUT2D eigenvalue weighted by atomic mass is 9.75. The van der Waals surface area contributed by atoms with Crippen LogP contribution in [0.15, 0.2) is 11.6 Å². The topological polar surface area (TPSA) is 40.9 Å². The Bertz CT molecular complexity index is 346. The Balaban J connectivity index is 2.14. The van der Waals surface area contributed by atoms with Crippen molar-refractivity contribution in [3.05, 3.63) is 11.6 Å². The minimum atomic E-state index is 0.101. The van der Waals surface area contributed by atoms with E-state index in [9.17, 15) is 4.79 Å². The average Bonchev–Trinajstić information content (AvgIpc) is 2.78. The Morgan fingerprint density at radius 1 is 1.50 bits per heavy atom. The lowest BCUT2D eigenvalue weighted by molar-refractivity contribution is -0.117. The summed E-state index contributed by atoms with van der Waals surface area (Å²) < 4.78 is 0. The Morgan fingerprint density at radius 3 is 2.71 bits per heavy atom. The van der Waals surface area contributed by atoms with E-state index in [0.717, 1.165) is 12.8 Å². The second-order valence-electron chi connectivity index (χ2n) is 5.28. The molecule has 0 amide bonds. The van der Waals surface area contributed by atoms with E-state index in [2.05, 4.69) is 19.9 Å². The summed E-state index contributed by atoms with van der Waals surface area (Å²) in [4.78, 5) is 11.5. The Hall–Kier alpha value is -1.10. The van der Waals surface area contributed by atoms with Crippen molar-refractivity contribution >= 4 is 5.78 Å². The molecule has 1 saturated carbocycles. The molecule has 0 aromatic heterocycles. The van der Waals surface area contributed by atoms with Crippen LogP contribution in [0, 0.1) is 28.6 Å². The summed E-state index contributed by atoms with van der Waals surface area (Å²) >= 11 is 0. The number of carbonyl (C=O) groups excluding carboxylic acids is 1. The van der Waals surface area contributed by atoms with Gasteiger partial charge in [-0.1, -0.05) is 19.4 Å². The molecule has 0 N–H and O–H groups in total. The minimum absolute atomic E-state index is 0.101. The first-order valence-corrected chi connectivity index (χ1v) is 5.15. The molecule has 14 heavy (non-hydrogen) atoms. The molecule has 0 saturated heterocycles. The zero-order chi connectivity index (χ0) is 10.3. The number of nitrogens with zero attached hydrogens (tertiary/aromatic N) is 1. The molecule has 0 aliphatic heterocycles. The molecule has 0 aromatic rings. The molecule has 2 rings (SSSR count). The summed E-state index contributed by atoms with van der Waals surface area (Å²) in [6.07, 6.45) is 4.39. The number of nitriles is 1. The quantitative estimate of drug-likeness (QED) is 0.635. The number of carbonyl (C=O) groups is 1. The number of hydrogen-bond acceptors (Lipinski definition) is 2. The van der Waals surface area contributed by atoms with E-state index >= 15 is 0 Å². The first-order valence-electron chi connectivity index (χ1n) is 5.15. The number of allylic oxidation sites excluding steroid dienone is 2. The Morgan fingerprint density at radius 2 is 2.21 bits per heavy atom. The predicted octanol–water partition coefficient (Wildman–Crippen LogP) is 2.46. The van der Waals surface area contributed by atoms with Gasteiger partial charge in [0.2, 0.25) is 0 Å². The molecule has 0 heterocycles. The third-order valence-electron chi connectivity index (χ3n) is 3.11. The minimum Gasteiger partial charge on any atom is -0.295 e. The summed E-state index contributed by atoms with van der Waals surface area (Å²) in [5.74, 6) is 0.811. The van der Waals surface area contributed by atoms with Gasteiger partial charge in [0.05, 0.1) is 12.0 Å². The summed E-state index contributed by atoms with van der Waals surface area (Å²) in [5, 5.41) is 8.74. The molecule has 0 bridgehead atoms. The van der Waals surface area contributed by atoms with E-state index in [1.165, 1.54) is 5.57 Å². The maximum Gasteiger partial charge on any atom is 0.156 e. The molecule has 74 valence electrons. The van der Waals surface area contributed by atoms with Gasteiger partial charge < -0.3 is 0 Å². The molecule has 0 unspecified atom stereocenters. The molecule has 2 aliphatic carbocycles. The number of rotatable bonds is 1. The van der Waals surface area contributed by atoms with Crippen molar-refractivity contribution in [3.8, 4) is 6.07 Å². The van der Waals surface area contributed by atoms with Gasteiger partial charge in [0.1, 0.15) is 0 Å². The van der Waals surface area contributed by atoms with Crippen molar-refractivity contribution in [2.75, 3.05) is 0 Å². The zero-order valence-electron chi connectivity index (χ0n) is 8.71. The Kier molecular flexibility index (Phi) is 1.99. The fourth-order valence-corrected chi connectivity index (χ4v) is 2.38. The van der Waals surface area contributed by atoms with E-state index in [1.807, 2.05) is 0 Å². The van der Waals surface area contributed by atoms with Gasteiger partial charge in [-0.25, -0.2) is 0 Å².